The van der Waals surface area contributed by atoms with Crippen LogP contribution in [0.25, 0.3) is 0 Å². The minimum atomic E-state index is 0.917. The van der Waals surface area contributed by atoms with Crippen molar-refractivity contribution in [2.45, 2.75) is 13.0 Å². The van der Waals surface area contributed by atoms with Gasteiger partial charge in [0.15, 0.2) is 7.41 Å². The van der Waals surface area contributed by atoms with E-state index in [0.717, 1.165) is 6.22 Å². The molecule has 0 aromatic heterocycles. The van der Waals surface area contributed by atoms with E-state index in [2.05, 4.69) is 0 Å². The van der Waals surface area contributed by atoms with Crippen molar-refractivity contribution in [2.75, 3.05) is 0 Å². The summed E-state index contributed by atoms with van der Waals surface area (Å²) in [5.41, 5.74) is 4.98. The Bertz CT molecular complexity index is 15.1. The highest BCUT2D eigenvalue weighted by atomic mass is 14.3. The third-order valence-electron chi connectivity index (χ3n) is 0.372. The van der Waals surface area contributed by atoms with E-state index < -0.39 is 0 Å². The van der Waals surface area contributed by atoms with Gasteiger partial charge in [-0.3, -0.25) is 0 Å². The second kappa shape index (κ2) is 4.09. The van der Waals surface area contributed by atoms with Gasteiger partial charge in [0, 0.05) is 0 Å². The van der Waals surface area contributed by atoms with Crippen LogP contribution < -0.4 is 5.64 Å². The van der Waals surface area contributed by atoms with Crippen LogP contribution in [-0.4, -0.2) is 14.7 Å². The lowest BCUT2D eigenvalue weighted by molar-refractivity contribution is 1.79. The van der Waals surface area contributed by atoms with Gasteiger partial charge in [-0.25, -0.2) is 0 Å². The average molecular weight is 66.7 g/mol. The Morgan fingerprint density at radius 2 is 2.40 bits per heavy atom. The van der Waals surface area contributed by atoms with Crippen molar-refractivity contribution < 1.29 is 0 Å². The summed E-state index contributed by atoms with van der Waals surface area (Å²) in [7, 11) is 3.62. The summed E-state index contributed by atoms with van der Waals surface area (Å²) in [4.78, 5) is 0. The zero-order valence-electron chi connectivity index (χ0n) is 3.44. The second-order valence-electron chi connectivity index (χ2n) is 0.880. The molecule has 0 unspecified atom stereocenters. The molecule has 0 saturated carbocycles. The fraction of sp³-hybridized carbons (Fsp3) is 1.00. The first-order valence-corrected chi connectivity index (χ1v) is 1.73. The lowest BCUT2D eigenvalue weighted by Gasteiger charge is -1.74. The van der Waals surface area contributed by atoms with Crippen LogP contribution in [0.5, 0.6) is 0 Å². The molecule has 0 aliphatic carbocycles. The Morgan fingerprint density at radius 1 is 1.80 bits per heavy atom. The molecule has 2 N–H and O–H groups in total. The Kier molecular flexibility index (Phi) is 4.16. The fourth-order valence-electron chi connectivity index (χ4n) is 0.136. The van der Waals surface area contributed by atoms with E-state index >= 15 is 0 Å². The summed E-state index contributed by atoms with van der Waals surface area (Å²) >= 11 is 0. The molecule has 0 aliphatic heterocycles. The van der Waals surface area contributed by atoms with Crippen molar-refractivity contribution in [1.29, 1.82) is 0 Å². The molecule has 5 heavy (non-hydrogen) atoms. The van der Waals surface area contributed by atoms with Crippen molar-refractivity contribution in [1.82, 2.24) is 0 Å². The topological polar surface area (TPSA) is 26.0 Å². The first-order chi connectivity index (χ1) is 2.41. The molecule has 0 bridgehead atoms. The van der Waals surface area contributed by atoms with E-state index in [1.807, 2.05) is 14.1 Å². The fourth-order valence-corrected chi connectivity index (χ4v) is 0.136. The van der Waals surface area contributed by atoms with Gasteiger partial charge in [0.05, 0.1) is 7.28 Å². The lowest BCUT2D eigenvalue weighted by Crippen LogP contribution is -2.05. The SMILES string of the molecule is C[B]C[B]N. The zero-order chi connectivity index (χ0) is 4.12. The van der Waals surface area contributed by atoms with Crippen LogP contribution in [0.4, 0.5) is 0 Å². The van der Waals surface area contributed by atoms with Crippen LogP contribution in [-0.2, 0) is 0 Å². The second-order valence-corrected chi connectivity index (χ2v) is 0.880. The van der Waals surface area contributed by atoms with Crippen LogP contribution in [0.3, 0.4) is 0 Å². The summed E-state index contributed by atoms with van der Waals surface area (Å²) in [6, 6.07) is 0. The number of hydrogen-bond donors (Lipinski definition) is 1. The van der Waals surface area contributed by atoms with Gasteiger partial charge in [-0.1, -0.05) is 13.0 Å². The van der Waals surface area contributed by atoms with Crippen LogP contribution in [0.1, 0.15) is 0 Å². The molecule has 0 aromatic rings. The molecule has 0 aromatic carbocycles. The first kappa shape index (κ1) is 5.09. The molecule has 0 aliphatic rings. The molecule has 0 heterocycles. The Morgan fingerprint density at radius 3 is 2.40 bits per heavy atom. The van der Waals surface area contributed by atoms with Crippen molar-refractivity contribution in [3.63, 3.8) is 0 Å². The maximum Gasteiger partial charge on any atom is 0.193 e. The highest BCUT2D eigenvalue weighted by Crippen LogP contribution is 1.62. The van der Waals surface area contributed by atoms with Crippen LogP contribution in [0, 0.1) is 0 Å². The van der Waals surface area contributed by atoms with Gasteiger partial charge in [0.2, 0.25) is 0 Å². The maximum absolute atomic E-state index is 4.98. The van der Waals surface area contributed by atoms with E-state index in [1.54, 1.807) is 7.41 Å². The minimum Gasteiger partial charge on any atom is -0.375 e. The van der Waals surface area contributed by atoms with Gasteiger partial charge >= 0.3 is 0 Å². The Labute approximate surface area is 34.4 Å². The summed E-state index contributed by atoms with van der Waals surface area (Å²) in [5, 5.41) is 0. The predicted octanol–water partition coefficient (Wildman–Crippen LogP) is -0.308. The summed E-state index contributed by atoms with van der Waals surface area (Å²) in [6.45, 7) is 1.98. The molecule has 0 rings (SSSR count). The van der Waals surface area contributed by atoms with Crippen LogP contribution >= 0.6 is 0 Å². The van der Waals surface area contributed by atoms with Gasteiger partial charge < -0.3 is 5.64 Å². The van der Waals surface area contributed by atoms with Crippen molar-refractivity contribution in [2.24, 2.45) is 5.64 Å². The summed E-state index contributed by atoms with van der Waals surface area (Å²) in [6.07, 6.45) is 0.917. The van der Waals surface area contributed by atoms with Gasteiger partial charge in [-0.15, -0.1) is 0 Å². The molecule has 2 radical (unpaired) electrons. The third-order valence-corrected chi connectivity index (χ3v) is 0.372. The van der Waals surface area contributed by atoms with Crippen LogP contribution in [0.15, 0.2) is 0 Å². The van der Waals surface area contributed by atoms with Gasteiger partial charge in [0.1, 0.15) is 0 Å². The molecule has 0 saturated heterocycles. The molecular formula is C2H7B2N. The highest BCUT2D eigenvalue weighted by Gasteiger charge is 1.75. The molecule has 26 valence electrons. The molecule has 1 nitrogen and oxygen atoms in total. The highest BCUT2D eigenvalue weighted by molar-refractivity contribution is 6.53. The largest absolute Gasteiger partial charge is 0.375 e. The van der Waals surface area contributed by atoms with Crippen molar-refractivity contribution in [3.8, 4) is 0 Å². The van der Waals surface area contributed by atoms with Gasteiger partial charge in [-0.05, 0) is 0 Å². The summed E-state index contributed by atoms with van der Waals surface area (Å²) in [5.74, 6) is 0. The Balaban J connectivity index is 2.19. The molecule has 0 spiro atoms. The monoisotopic (exact) mass is 67.1 g/mol. The predicted molar refractivity (Wildman–Crippen MR) is 26.4 cm³/mol. The lowest BCUT2D eigenvalue weighted by atomic mass is 9.64. The van der Waals surface area contributed by atoms with E-state index in [0.29, 0.717) is 0 Å². The molecule has 0 fully saturated rings. The maximum atomic E-state index is 4.98. The Hall–Kier alpha value is 0.0899. The third kappa shape index (κ3) is 4.09. The minimum absolute atomic E-state index is 0.917. The number of nitrogens with two attached hydrogens (primary N) is 1. The molecule has 3 heteroatoms. The van der Waals surface area contributed by atoms with Crippen molar-refractivity contribution >= 4 is 14.7 Å². The number of rotatable bonds is 2. The van der Waals surface area contributed by atoms with Crippen molar-refractivity contribution in [3.05, 3.63) is 0 Å². The summed E-state index contributed by atoms with van der Waals surface area (Å²) < 4.78 is 0. The smallest absolute Gasteiger partial charge is 0.193 e. The first-order valence-electron chi connectivity index (χ1n) is 1.73. The molecule has 0 amide bonds. The van der Waals surface area contributed by atoms with E-state index in [4.69, 9.17) is 5.64 Å². The standard InChI is InChI=1S/C2H7B2N/c1-3-2-4-5/h2,5H2,1H3. The zero-order valence-corrected chi connectivity index (χ0v) is 3.44. The number of hydrogen-bond acceptors (Lipinski definition) is 1. The van der Waals surface area contributed by atoms with E-state index in [-0.39, 0.29) is 0 Å². The molecular weight excluding hydrogens is 59.7 g/mol. The van der Waals surface area contributed by atoms with Gasteiger partial charge in [-0.2, -0.15) is 0 Å². The normalized spacial score (nSPS) is 6.80. The van der Waals surface area contributed by atoms with E-state index in [1.165, 1.54) is 0 Å². The molecule has 0 atom stereocenters. The van der Waals surface area contributed by atoms with Gasteiger partial charge in [0.25, 0.3) is 0 Å². The van der Waals surface area contributed by atoms with E-state index in [9.17, 15) is 0 Å². The van der Waals surface area contributed by atoms with Crippen LogP contribution in [0.2, 0.25) is 13.0 Å². The quantitative estimate of drug-likeness (QED) is 0.440. The average Bonchev–Trinajstić information content (AvgIpc) is 1.41.